The lowest BCUT2D eigenvalue weighted by Gasteiger charge is -2.14. The van der Waals surface area contributed by atoms with E-state index in [9.17, 15) is 13.2 Å². The largest absolute Gasteiger partial charge is 0.254 e. The molecular formula is C17H8ClF3N4S. The van der Waals surface area contributed by atoms with Crippen LogP contribution in [0, 0.1) is 17.5 Å². The van der Waals surface area contributed by atoms with E-state index >= 15 is 0 Å². The maximum absolute atomic E-state index is 14.4. The van der Waals surface area contributed by atoms with Gasteiger partial charge in [0.25, 0.3) is 5.78 Å². The van der Waals surface area contributed by atoms with Crippen molar-refractivity contribution < 1.29 is 13.2 Å². The molecule has 0 aliphatic heterocycles. The van der Waals surface area contributed by atoms with Crippen LogP contribution in [0.2, 0.25) is 5.15 Å². The van der Waals surface area contributed by atoms with E-state index in [1.54, 1.807) is 0 Å². The number of benzene rings is 2. The van der Waals surface area contributed by atoms with Crippen molar-refractivity contribution in [3.05, 3.63) is 71.4 Å². The first-order valence-electron chi connectivity index (χ1n) is 7.31. The van der Waals surface area contributed by atoms with Crippen molar-refractivity contribution in [3.63, 3.8) is 0 Å². The molecule has 0 aliphatic rings. The molecule has 2 aromatic heterocycles. The zero-order chi connectivity index (χ0) is 18.3. The summed E-state index contributed by atoms with van der Waals surface area (Å²) in [5.41, 5.74) is -0.492. The zero-order valence-electron chi connectivity index (χ0n) is 12.8. The molecule has 0 N–H and O–H groups in total. The van der Waals surface area contributed by atoms with Crippen LogP contribution >= 0.6 is 23.4 Å². The molecule has 2 aromatic carbocycles. The lowest BCUT2D eigenvalue weighted by Crippen LogP contribution is -2.03. The number of hydrogen-bond donors (Lipinski definition) is 0. The Morgan fingerprint density at radius 2 is 1.65 bits per heavy atom. The molecule has 0 amide bonds. The third kappa shape index (κ3) is 2.91. The number of halogens is 4. The topological polar surface area (TPSA) is 43.1 Å². The molecule has 0 unspecified atom stereocenters. The summed E-state index contributed by atoms with van der Waals surface area (Å²) >= 11 is 7.41. The van der Waals surface area contributed by atoms with E-state index in [0.29, 0.717) is 17.2 Å². The van der Waals surface area contributed by atoms with E-state index < -0.39 is 23.0 Å². The summed E-state index contributed by atoms with van der Waals surface area (Å²) in [6.07, 6.45) is 1.26. The highest BCUT2D eigenvalue weighted by Gasteiger charge is 2.24. The maximum Gasteiger partial charge on any atom is 0.254 e. The van der Waals surface area contributed by atoms with Gasteiger partial charge in [0.05, 0.1) is 11.1 Å². The van der Waals surface area contributed by atoms with Gasteiger partial charge in [-0.25, -0.2) is 13.2 Å². The molecule has 0 bridgehead atoms. The molecule has 0 atom stereocenters. The minimum Gasteiger partial charge on any atom is -0.207 e. The average Bonchev–Trinajstić information content (AvgIpc) is 3.05. The van der Waals surface area contributed by atoms with Gasteiger partial charge in [0, 0.05) is 17.0 Å². The molecule has 9 heteroatoms. The predicted molar refractivity (Wildman–Crippen MR) is 91.7 cm³/mol. The summed E-state index contributed by atoms with van der Waals surface area (Å²) in [4.78, 5) is 8.79. The maximum atomic E-state index is 14.4. The van der Waals surface area contributed by atoms with E-state index in [2.05, 4.69) is 15.1 Å². The Balaban J connectivity index is 2.03. The van der Waals surface area contributed by atoms with Crippen molar-refractivity contribution in [2.45, 2.75) is 9.92 Å². The molecular weight excluding hydrogens is 385 g/mol. The van der Waals surface area contributed by atoms with Crippen LogP contribution in [0.1, 0.15) is 0 Å². The number of fused-ring (bicyclic) bond motifs is 1. The normalized spacial score (nSPS) is 11.2. The second kappa shape index (κ2) is 6.62. The number of aromatic nitrogens is 4. The molecule has 26 heavy (non-hydrogen) atoms. The summed E-state index contributed by atoms with van der Waals surface area (Å²) in [5.74, 6) is -3.01. The predicted octanol–water partition coefficient (Wildman–Crippen LogP) is 5.01. The second-order valence-corrected chi connectivity index (χ2v) is 6.63. The van der Waals surface area contributed by atoms with Gasteiger partial charge in [0.15, 0.2) is 0 Å². The molecule has 0 aliphatic carbocycles. The third-order valence-electron chi connectivity index (χ3n) is 3.56. The molecule has 4 rings (SSSR count). The highest BCUT2D eigenvalue weighted by atomic mass is 35.5. The fraction of sp³-hybridized carbons (Fsp3) is 0. The van der Waals surface area contributed by atoms with Gasteiger partial charge in [-0.15, -0.1) is 0 Å². The van der Waals surface area contributed by atoms with E-state index in [1.807, 2.05) is 30.3 Å². The second-order valence-electron chi connectivity index (χ2n) is 5.21. The summed E-state index contributed by atoms with van der Waals surface area (Å²) in [7, 11) is 0. The smallest absolute Gasteiger partial charge is 0.207 e. The highest BCUT2D eigenvalue weighted by molar-refractivity contribution is 7.99. The molecule has 2 heterocycles. The molecule has 4 nitrogen and oxygen atoms in total. The summed E-state index contributed by atoms with van der Waals surface area (Å²) in [6, 6.07) is 10.3. The Bertz CT molecular complexity index is 1090. The molecule has 0 saturated heterocycles. The van der Waals surface area contributed by atoms with Crippen LogP contribution in [0.25, 0.3) is 16.9 Å². The van der Waals surface area contributed by atoms with Gasteiger partial charge in [-0.1, -0.05) is 41.6 Å². The van der Waals surface area contributed by atoms with Crippen LogP contribution in [-0.2, 0) is 0 Å². The monoisotopic (exact) mass is 392 g/mol. The van der Waals surface area contributed by atoms with Gasteiger partial charge < -0.3 is 0 Å². The minimum atomic E-state index is -1.08. The first-order valence-corrected chi connectivity index (χ1v) is 8.51. The van der Waals surface area contributed by atoms with Gasteiger partial charge in [-0.2, -0.15) is 19.6 Å². The van der Waals surface area contributed by atoms with Crippen molar-refractivity contribution in [2.24, 2.45) is 0 Å². The quantitative estimate of drug-likeness (QED) is 0.459. The molecule has 0 spiro atoms. The third-order valence-corrected chi connectivity index (χ3v) is 4.91. The van der Waals surface area contributed by atoms with Crippen LogP contribution in [0.3, 0.4) is 0 Å². The SMILES string of the molecule is Fc1cc(F)c(-c2c(Cl)nc3ncnn3c2Sc2ccccc2)c(F)c1. The molecule has 0 saturated carbocycles. The number of hydrogen-bond acceptors (Lipinski definition) is 4. The standard InChI is InChI=1S/C17H8ClF3N4S/c18-15-14(13-11(20)6-9(19)7-12(13)21)16(25-17(24-15)22-8-23-25)26-10-4-2-1-3-5-10/h1-8H. The Hall–Kier alpha value is -2.58. The van der Waals surface area contributed by atoms with Gasteiger partial charge in [0.2, 0.25) is 0 Å². The van der Waals surface area contributed by atoms with Crippen molar-refractivity contribution in [1.29, 1.82) is 0 Å². The van der Waals surface area contributed by atoms with Crippen LogP contribution in [0.5, 0.6) is 0 Å². The van der Waals surface area contributed by atoms with Gasteiger partial charge >= 0.3 is 0 Å². The van der Waals surface area contributed by atoms with Crippen molar-refractivity contribution in [2.75, 3.05) is 0 Å². The van der Waals surface area contributed by atoms with Crippen molar-refractivity contribution >= 4 is 29.1 Å². The Kier molecular flexibility index (Phi) is 4.29. The van der Waals surface area contributed by atoms with Crippen LogP contribution < -0.4 is 0 Å². The first kappa shape index (κ1) is 16.9. The number of rotatable bonds is 3. The van der Waals surface area contributed by atoms with Crippen LogP contribution in [0.15, 0.2) is 58.7 Å². The first-order chi connectivity index (χ1) is 12.5. The minimum absolute atomic E-state index is 0.0199. The van der Waals surface area contributed by atoms with Gasteiger partial charge in [-0.05, 0) is 12.1 Å². The molecule has 130 valence electrons. The lowest BCUT2D eigenvalue weighted by molar-refractivity contribution is 0.547. The molecule has 4 aromatic rings. The van der Waals surface area contributed by atoms with E-state index in [-0.39, 0.29) is 16.5 Å². The summed E-state index contributed by atoms with van der Waals surface area (Å²) < 4.78 is 43.5. The average molecular weight is 393 g/mol. The Morgan fingerprint density at radius 3 is 2.35 bits per heavy atom. The number of nitrogens with zero attached hydrogens (tertiary/aromatic N) is 4. The van der Waals surface area contributed by atoms with E-state index in [0.717, 1.165) is 4.90 Å². The Morgan fingerprint density at radius 1 is 0.962 bits per heavy atom. The van der Waals surface area contributed by atoms with Crippen molar-refractivity contribution in [1.82, 2.24) is 19.6 Å². The highest BCUT2D eigenvalue weighted by Crippen LogP contribution is 2.41. The zero-order valence-corrected chi connectivity index (χ0v) is 14.4. The van der Waals surface area contributed by atoms with E-state index in [4.69, 9.17) is 11.6 Å². The molecule has 0 radical (unpaired) electrons. The fourth-order valence-electron chi connectivity index (χ4n) is 2.48. The van der Waals surface area contributed by atoms with Gasteiger partial charge in [-0.3, -0.25) is 0 Å². The van der Waals surface area contributed by atoms with E-state index in [1.165, 1.54) is 22.6 Å². The summed E-state index contributed by atoms with van der Waals surface area (Å²) in [5, 5.41) is 4.22. The van der Waals surface area contributed by atoms with Crippen molar-refractivity contribution in [3.8, 4) is 11.1 Å². The van der Waals surface area contributed by atoms with Gasteiger partial charge in [0.1, 0.15) is 34.0 Å². The van der Waals surface area contributed by atoms with Crippen LogP contribution in [-0.4, -0.2) is 19.6 Å². The summed E-state index contributed by atoms with van der Waals surface area (Å²) in [6.45, 7) is 0. The Labute approximate surface area is 154 Å². The van der Waals surface area contributed by atoms with Crippen LogP contribution in [0.4, 0.5) is 13.2 Å². The molecule has 0 fully saturated rings. The fourth-order valence-corrected chi connectivity index (χ4v) is 3.83. The lowest BCUT2D eigenvalue weighted by atomic mass is 10.1.